The predicted octanol–water partition coefficient (Wildman–Crippen LogP) is 0.312. The van der Waals surface area contributed by atoms with Gasteiger partial charge < -0.3 is 10.9 Å². The molecule has 0 saturated heterocycles. The summed E-state index contributed by atoms with van der Waals surface area (Å²) in [6, 6.07) is 0. The molecular weight excluding hydrogens is 159 g/mol. The Labute approximate surface area is 74.9 Å². The van der Waals surface area contributed by atoms with Gasteiger partial charge in [0.15, 0.2) is 0 Å². The van der Waals surface area contributed by atoms with Gasteiger partial charge in [-0.2, -0.15) is 4.21 Å². The van der Waals surface area contributed by atoms with Crippen LogP contribution in [-0.2, 0) is 4.84 Å². The van der Waals surface area contributed by atoms with Crippen molar-refractivity contribution in [2.24, 2.45) is 5.73 Å². The molecule has 0 bridgehead atoms. The summed E-state index contributed by atoms with van der Waals surface area (Å²) in [7, 11) is 0. The molecule has 1 aliphatic rings. The zero-order valence-corrected chi connectivity index (χ0v) is 7.65. The number of hydrogen-bond acceptors (Lipinski definition) is 4. The van der Waals surface area contributed by atoms with Crippen LogP contribution in [0.2, 0.25) is 0 Å². The van der Waals surface area contributed by atoms with Gasteiger partial charge in [-0.1, -0.05) is 6.42 Å². The monoisotopic (exact) mass is 172 g/mol. The SMILES string of the molecule is NC1(O[N](O)[Al])CCCCC1. The molecule has 62 valence electrons. The van der Waals surface area contributed by atoms with Crippen molar-refractivity contribution in [2.75, 3.05) is 0 Å². The molecule has 0 spiro atoms. The van der Waals surface area contributed by atoms with Crippen LogP contribution in [0.5, 0.6) is 0 Å². The highest BCUT2D eigenvalue weighted by Crippen LogP contribution is 2.26. The molecule has 2 radical (unpaired) electrons. The van der Waals surface area contributed by atoms with Crippen molar-refractivity contribution in [2.45, 2.75) is 37.8 Å². The van der Waals surface area contributed by atoms with Crippen molar-refractivity contribution >= 4 is 16.5 Å². The molecule has 3 N–H and O–H groups in total. The van der Waals surface area contributed by atoms with Gasteiger partial charge in [-0.3, -0.25) is 4.84 Å². The second kappa shape index (κ2) is 3.86. The molecule has 0 aromatic rings. The van der Waals surface area contributed by atoms with E-state index in [-0.39, 0.29) is 0 Å². The summed E-state index contributed by atoms with van der Waals surface area (Å²) in [5.74, 6) is 0. The average molecular weight is 172 g/mol. The Morgan fingerprint density at radius 3 is 2.36 bits per heavy atom. The lowest BCUT2D eigenvalue weighted by atomic mass is 9.93. The summed E-state index contributed by atoms with van der Waals surface area (Å²) in [5.41, 5.74) is 5.18. The van der Waals surface area contributed by atoms with E-state index in [1.54, 1.807) is 0 Å². The van der Waals surface area contributed by atoms with Gasteiger partial charge in [0, 0.05) is 0 Å². The van der Waals surface area contributed by atoms with Gasteiger partial charge in [0.2, 0.25) is 0 Å². The largest absolute Gasteiger partial charge is 0.359 e. The second-order valence-corrected chi connectivity index (χ2v) is 3.46. The molecule has 1 rings (SSSR count). The predicted molar refractivity (Wildman–Crippen MR) is 40.5 cm³/mol. The molecule has 5 heteroatoms. The molecule has 1 aliphatic carbocycles. The van der Waals surface area contributed by atoms with E-state index in [0.717, 1.165) is 25.7 Å². The minimum absolute atomic E-state index is 0.616. The van der Waals surface area contributed by atoms with E-state index in [4.69, 9.17) is 15.8 Å². The summed E-state index contributed by atoms with van der Waals surface area (Å²) in [4.78, 5) is 5.01. The van der Waals surface area contributed by atoms with Crippen LogP contribution < -0.4 is 5.73 Å². The maximum Gasteiger partial charge on any atom is 0.359 e. The van der Waals surface area contributed by atoms with E-state index >= 15 is 0 Å². The van der Waals surface area contributed by atoms with Crippen LogP contribution in [0.1, 0.15) is 32.1 Å². The van der Waals surface area contributed by atoms with Crippen LogP contribution in [0.3, 0.4) is 0 Å². The van der Waals surface area contributed by atoms with E-state index in [0.29, 0.717) is 4.21 Å². The van der Waals surface area contributed by atoms with Crippen LogP contribution in [0.25, 0.3) is 0 Å². The van der Waals surface area contributed by atoms with Gasteiger partial charge in [-0.25, -0.2) is 0 Å². The van der Waals surface area contributed by atoms with E-state index in [9.17, 15) is 0 Å². The minimum Gasteiger partial charge on any atom is -0.316 e. The summed E-state index contributed by atoms with van der Waals surface area (Å²) in [6.45, 7) is 0. The zero-order chi connectivity index (χ0) is 8.32. The van der Waals surface area contributed by atoms with E-state index in [1.807, 2.05) is 16.5 Å². The van der Waals surface area contributed by atoms with E-state index in [2.05, 4.69) is 0 Å². The molecule has 0 aromatic carbocycles. The third-order valence-corrected chi connectivity index (χ3v) is 2.08. The highest BCUT2D eigenvalue weighted by molar-refractivity contribution is 6.02. The van der Waals surface area contributed by atoms with Gasteiger partial charge in [0.1, 0.15) is 5.72 Å². The van der Waals surface area contributed by atoms with Crippen LogP contribution in [-0.4, -0.2) is 31.7 Å². The average Bonchev–Trinajstić information content (AvgIpc) is 1.85. The Hall–Kier alpha value is 0.372. The van der Waals surface area contributed by atoms with E-state index in [1.165, 1.54) is 6.42 Å². The van der Waals surface area contributed by atoms with Crippen molar-refractivity contribution in [1.29, 1.82) is 0 Å². The quantitative estimate of drug-likeness (QED) is 0.357. The maximum atomic E-state index is 8.76. The smallest absolute Gasteiger partial charge is 0.316 e. The molecule has 0 amide bonds. The number of nitrogens with two attached hydrogens (primary N) is 1. The third kappa shape index (κ3) is 3.08. The lowest BCUT2D eigenvalue weighted by Crippen LogP contribution is -2.48. The Morgan fingerprint density at radius 2 is 1.91 bits per heavy atom. The normalized spacial score (nSPS) is 23.9. The Balaban J connectivity index is 2.37. The topological polar surface area (TPSA) is 58.7 Å². The van der Waals surface area contributed by atoms with Gasteiger partial charge in [0.05, 0.1) is 0 Å². The third-order valence-electron chi connectivity index (χ3n) is 1.98. The fourth-order valence-electron chi connectivity index (χ4n) is 1.43. The van der Waals surface area contributed by atoms with Gasteiger partial charge >= 0.3 is 16.5 Å². The first-order chi connectivity index (χ1) is 5.12. The number of nitrogens with zero attached hydrogens (tertiary/aromatic N) is 1. The molecule has 1 saturated carbocycles. The fourth-order valence-corrected chi connectivity index (χ4v) is 1.64. The van der Waals surface area contributed by atoms with Crippen LogP contribution in [0.4, 0.5) is 0 Å². The lowest BCUT2D eigenvalue weighted by molar-refractivity contribution is -0.333. The van der Waals surface area contributed by atoms with Gasteiger partial charge in [-0.15, -0.1) is 0 Å². The van der Waals surface area contributed by atoms with Crippen molar-refractivity contribution in [3.8, 4) is 0 Å². The summed E-state index contributed by atoms with van der Waals surface area (Å²) in [5, 5.41) is 8.76. The molecule has 0 unspecified atom stereocenters. The molecule has 0 atom stereocenters. The molecule has 0 aromatic heterocycles. The van der Waals surface area contributed by atoms with Crippen molar-refractivity contribution in [3.63, 3.8) is 0 Å². The molecule has 1 fully saturated rings. The summed E-state index contributed by atoms with van der Waals surface area (Å²) < 4.78 is 0.616. The highest BCUT2D eigenvalue weighted by atomic mass is 27.1. The maximum absolute atomic E-state index is 8.76. The van der Waals surface area contributed by atoms with Gasteiger partial charge in [-0.05, 0) is 25.7 Å². The van der Waals surface area contributed by atoms with Crippen LogP contribution in [0, 0.1) is 0 Å². The molecule has 0 aliphatic heterocycles. The molecular formula is C6H13AlN2O2. The molecule has 11 heavy (non-hydrogen) atoms. The number of rotatable bonds is 2. The minimum atomic E-state index is -0.644. The van der Waals surface area contributed by atoms with E-state index < -0.39 is 5.72 Å². The van der Waals surface area contributed by atoms with Crippen molar-refractivity contribution in [1.82, 2.24) is 4.21 Å². The Morgan fingerprint density at radius 1 is 1.36 bits per heavy atom. The second-order valence-electron chi connectivity index (χ2n) is 3.02. The summed E-state index contributed by atoms with van der Waals surface area (Å²) >= 11 is 2.01. The molecule has 4 nitrogen and oxygen atoms in total. The Bertz CT molecular complexity index is 126. The summed E-state index contributed by atoms with van der Waals surface area (Å²) in [6.07, 6.45) is 5.01. The van der Waals surface area contributed by atoms with Crippen LogP contribution in [0.15, 0.2) is 0 Å². The fraction of sp³-hybridized carbons (Fsp3) is 1.00. The lowest BCUT2D eigenvalue weighted by Gasteiger charge is -2.35. The van der Waals surface area contributed by atoms with Crippen molar-refractivity contribution in [3.05, 3.63) is 0 Å². The molecule has 0 heterocycles. The zero-order valence-electron chi connectivity index (χ0n) is 6.49. The van der Waals surface area contributed by atoms with Crippen LogP contribution >= 0.6 is 0 Å². The highest BCUT2D eigenvalue weighted by Gasteiger charge is 2.29. The first kappa shape index (κ1) is 9.46. The Kier molecular flexibility index (Phi) is 3.32. The first-order valence-corrected chi connectivity index (χ1v) is 4.36. The number of hydrogen-bond donors (Lipinski definition) is 2. The van der Waals surface area contributed by atoms with Crippen molar-refractivity contribution < 1.29 is 10.0 Å². The first-order valence-electron chi connectivity index (χ1n) is 3.84. The van der Waals surface area contributed by atoms with Gasteiger partial charge in [0.25, 0.3) is 0 Å². The standard InChI is InChI=1S/C6H13N2O2.Al/c7-6(10-8-9)4-2-1-3-5-6;/h9H,1-5,7H2;/q-1;+1.